The van der Waals surface area contributed by atoms with Gasteiger partial charge in [0, 0.05) is 12.6 Å². The second-order valence-electron chi connectivity index (χ2n) is 5.29. The zero-order valence-electron chi connectivity index (χ0n) is 12.3. The first-order valence-electron chi connectivity index (χ1n) is 7.22. The molecule has 0 aliphatic carbocycles. The van der Waals surface area contributed by atoms with Gasteiger partial charge >= 0.3 is 0 Å². The second kappa shape index (κ2) is 6.80. The van der Waals surface area contributed by atoms with Gasteiger partial charge in [-0.15, -0.1) is 0 Å². The van der Waals surface area contributed by atoms with Crippen LogP contribution in [0.1, 0.15) is 37.7 Å². The Labute approximate surface area is 116 Å². The number of rotatable bonds is 5. The number of ether oxygens (including phenoxy) is 2. The number of methoxy groups -OCH3 is 2. The largest absolute Gasteiger partial charge is 0.497 e. The van der Waals surface area contributed by atoms with Crippen LogP contribution in [0.4, 0.5) is 0 Å². The van der Waals surface area contributed by atoms with Crippen molar-refractivity contribution >= 4 is 0 Å². The zero-order valence-corrected chi connectivity index (χ0v) is 12.3. The van der Waals surface area contributed by atoms with Crippen molar-refractivity contribution < 1.29 is 9.47 Å². The fourth-order valence-electron chi connectivity index (χ4n) is 2.91. The van der Waals surface area contributed by atoms with Crippen LogP contribution in [-0.2, 0) is 0 Å². The summed E-state index contributed by atoms with van der Waals surface area (Å²) in [5, 5.41) is 0. The first kappa shape index (κ1) is 14.2. The minimum absolute atomic E-state index is 0.601. The lowest BCUT2D eigenvalue weighted by Gasteiger charge is -2.33. The van der Waals surface area contributed by atoms with E-state index in [0.29, 0.717) is 5.92 Å². The average molecular weight is 263 g/mol. The van der Waals surface area contributed by atoms with Crippen molar-refractivity contribution in [3.8, 4) is 11.5 Å². The quantitative estimate of drug-likeness (QED) is 0.813. The number of piperidine rings is 1. The van der Waals surface area contributed by atoms with Gasteiger partial charge < -0.3 is 14.4 Å². The maximum Gasteiger partial charge on any atom is 0.122 e. The summed E-state index contributed by atoms with van der Waals surface area (Å²) < 4.78 is 10.7. The molecule has 1 saturated heterocycles. The first-order chi connectivity index (χ1) is 9.26. The highest BCUT2D eigenvalue weighted by Gasteiger charge is 2.21. The van der Waals surface area contributed by atoms with E-state index in [0.717, 1.165) is 18.0 Å². The zero-order chi connectivity index (χ0) is 13.7. The molecule has 19 heavy (non-hydrogen) atoms. The van der Waals surface area contributed by atoms with Gasteiger partial charge in [0.1, 0.15) is 11.5 Å². The van der Waals surface area contributed by atoms with Crippen LogP contribution in [0.25, 0.3) is 0 Å². The van der Waals surface area contributed by atoms with Crippen LogP contribution in [0.2, 0.25) is 0 Å². The van der Waals surface area contributed by atoms with E-state index in [4.69, 9.17) is 9.47 Å². The minimum Gasteiger partial charge on any atom is -0.497 e. The second-order valence-corrected chi connectivity index (χ2v) is 5.29. The number of likely N-dealkylation sites (tertiary alicyclic amines) is 1. The van der Waals surface area contributed by atoms with Gasteiger partial charge in [-0.3, -0.25) is 0 Å². The monoisotopic (exact) mass is 263 g/mol. The van der Waals surface area contributed by atoms with Gasteiger partial charge in [-0.2, -0.15) is 0 Å². The van der Waals surface area contributed by atoms with E-state index in [1.807, 2.05) is 6.07 Å². The Kier molecular flexibility index (Phi) is 5.08. The number of hydrogen-bond acceptors (Lipinski definition) is 3. The molecule has 1 fully saturated rings. The molecule has 0 spiro atoms. The predicted molar refractivity (Wildman–Crippen MR) is 78.3 cm³/mol. The molecule has 0 amide bonds. The third-order valence-corrected chi connectivity index (χ3v) is 3.89. The fourth-order valence-corrected chi connectivity index (χ4v) is 2.91. The molecular weight excluding hydrogens is 238 g/mol. The molecule has 1 aromatic rings. The smallest absolute Gasteiger partial charge is 0.122 e. The molecule has 0 aromatic heterocycles. The van der Waals surface area contributed by atoms with E-state index >= 15 is 0 Å². The van der Waals surface area contributed by atoms with Gasteiger partial charge in [0.2, 0.25) is 0 Å². The van der Waals surface area contributed by atoms with Crippen molar-refractivity contribution in [1.29, 1.82) is 0 Å². The van der Waals surface area contributed by atoms with Gasteiger partial charge in [-0.05, 0) is 56.0 Å². The lowest BCUT2D eigenvalue weighted by atomic mass is 9.90. The fraction of sp³-hybridized carbons (Fsp3) is 0.625. The topological polar surface area (TPSA) is 21.7 Å². The molecule has 3 nitrogen and oxygen atoms in total. The molecule has 1 unspecified atom stereocenters. The Morgan fingerprint density at radius 2 is 1.84 bits per heavy atom. The van der Waals surface area contributed by atoms with E-state index in [-0.39, 0.29) is 0 Å². The first-order valence-corrected chi connectivity index (χ1v) is 7.22. The molecule has 3 heteroatoms. The Morgan fingerprint density at radius 1 is 1.16 bits per heavy atom. The predicted octanol–water partition coefficient (Wildman–Crippen LogP) is 3.29. The number of benzene rings is 1. The van der Waals surface area contributed by atoms with E-state index in [9.17, 15) is 0 Å². The summed E-state index contributed by atoms with van der Waals surface area (Å²) in [4.78, 5) is 2.57. The SMILES string of the molecule is CCCN1CCCC(c2cc(OC)cc(OC)c2)C1. The summed E-state index contributed by atoms with van der Waals surface area (Å²) in [6.45, 7) is 5.85. The maximum absolute atomic E-state index is 5.37. The Morgan fingerprint density at radius 3 is 2.42 bits per heavy atom. The van der Waals surface area contributed by atoms with Crippen LogP contribution in [0.3, 0.4) is 0 Å². The third kappa shape index (κ3) is 3.63. The van der Waals surface area contributed by atoms with Gasteiger partial charge in [-0.25, -0.2) is 0 Å². The molecule has 0 bridgehead atoms. The molecule has 1 atom stereocenters. The molecular formula is C16H25NO2. The molecule has 1 aromatic carbocycles. The van der Waals surface area contributed by atoms with Gasteiger partial charge in [0.05, 0.1) is 14.2 Å². The van der Waals surface area contributed by atoms with Crippen molar-refractivity contribution in [2.24, 2.45) is 0 Å². The number of nitrogens with zero attached hydrogens (tertiary/aromatic N) is 1. The Bertz CT molecular complexity index is 381. The Hall–Kier alpha value is -1.22. The van der Waals surface area contributed by atoms with Crippen molar-refractivity contribution in [1.82, 2.24) is 4.90 Å². The van der Waals surface area contributed by atoms with Crippen molar-refractivity contribution in [3.63, 3.8) is 0 Å². The van der Waals surface area contributed by atoms with Crippen LogP contribution in [0.5, 0.6) is 11.5 Å². The highest BCUT2D eigenvalue weighted by molar-refractivity contribution is 5.40. The van der Waals surface area contributed by atoms with Gasteiger partial charge in [-0.1, -0.05) is 6.92 Å². The van der Waals surface area contributed by atoms with E-state index < -0.39 is 0 Å². The summed E-state index contributed by atoms with van der Waals surface area (Å²) in [5.74, 6) is 2.38. The van der Waals surface area contributed by atoms with Crippen LogP contribution < -0.4 is 9.47 Å². The van der Waals surface area contributed by atoms with E-state index in [1.165, 1.54) is 37.9 Å². The summed E-state index contributed by atoms with van der Waals surface area (Å²) in [6.07, 6.45) is 3.77. The number of hydrogen-bond donors (Lipinski definition) is 0. The van der Waals surface area contributed by atoms with Crippen LogP contribution >= 0.6 is 0 Å². The maximum atomic E-state index is 5.37. The summed E-state index contributed by atoms with van der Waals surface area (Å²) >= 11 is 0. The van der Waals surface area contributed by atoms with E-state index in [1.54, 1.807) is 14.2 Å². The normalized spacial score (nSPS) is 20.3. The minimum atomic E-state index is 0.601. The van der Waals surface area contributed by atoms with Gasteiger partial charge in [0.25, 0.3) is 0 Å². The van der Waals surface area contributed by atoms with Crippen LogP contribution in [0, 0.1) is 0 Å². The standard InChI is InChI=1S/C16H25NO2/c1-4-7-17-8-5-6-13(12-17)14-9-15(18-2)11-16(10-14)19-3/h9-11,13H,4-8,12H2,1-3H3. The molecule has 1 aliphatic heterocycles. The van der Waals surface area contributed by atoms with E-state index in [2.05, 4.69) is 24.0 Å². The van der Waals surface area contributed by atoms with Crippen molar-refractivity contribution in [3.05, 3.63) is 23.8 Å². The van der Waals surface area contributed by atoms with Crippen LogP contribution in [-0.4, -0.2) is 38.8 Å². The van der Waals surface area contributed by atoms with Crippen molar-refractivity contribution in [2.75, 3.05) is 33.9 Å². The molecule has 1 heterocycles. The lowest BCUT2D eigenvalue weighted by molar-refractivity contribution is 0.208. The average Bonchev–Trinajstić information content (AvgIpc) is 2.47. The molecule has 1 aliphatic rings. The third-order valence-electron chi connectivity index (χ3n) is 3.89. The molecule has 0 saturated carbocycles. The van der Waals surface area contributed by atoms with Crippen molar-refractivity contribution in [2.45, 2.75) is 32.1 Å². The molecule has 0 N–H and O–H groups in total. The molecule has 0 radical (unpaired) electrons. The lowest BCUT2D eigenvalue weighted by Crippen LogP contribution is -2.34. The molecule has 2 rings (SSSR count). The highest BCUT2D eigenvalue weighted by atomic mass is 16.5. The van der Waals surface area contributed by atoms with Crippen LogP contribution in [0.15, 0.2) is 18.2 Å². The molecule has 106 valence electrons. The highest BCUT2D eigenvalue weighted by Crippen LogP contribution is 2.32. The summed E-state index contributed by atoms with van der Waals surface area (Å²) in [7, 11) is 3.42. The van der Waals surface area contributed by atoms with Gasteiger partial charge in [0.15, 0.2) is 0 Å². The Balaban J connectivity index is 2.15. The summed E-state index contributed by atoms with van der Waals surface area (Å²) in [6, 6.07) is 6.25. The summed E-state index contributed by atoms with van der Waals surface area (Å²) in [5.41, 5.74) is 1.34.